The minimum atomic E-state index is 0.255. The number of aromatic amines is 1. The van der Waals surface area contributed by atoms with Crippen LogP contribution in [-0.4, -0.2) is 16.8 Å². The Morgan fingerprint density at radius 1 is 1.27 bits per heavy atom. The van der Waals surface area contributed by atoms with E-state index in [4.69, 9.17) is 21.1 Å². The lowest BCUT2D eigenvalue weighted by atomic mass is 10.2. The average molecular weight is 333 g/mol. The standard InChI is InChI=1S/C16H13ClN2O2S/c1-9-3-2-4-12-15(9)19-16(18-12)22-7-10-5-13-14(6-11(10)17)21-8-20-13/h2-6H,7-8H2,1H3,(H,18,19). The number of hydrogen-bond acceptors (Lipinski definition) is 4. The summed E-state index contributed by atoms with van der Waals surface area (Å²) in [4.78, 5) is 7.97. The number of imidazole rings is 1. The Labute approximate surface area is 136 Å². The van der Waals surface area contributed by atoms with Crippen LogP contribution in [0.25, 0.3) is 11.0 Å². The van der Waals surface area contributed by atoms with E-state index in [0.29, 0.717) is 16.5 Å². The zero-order valence-electron chi connectivity index (χ0n) is 11.9. The van der Waals surface area contributed by atoms with Crippen molar-refractivity contribution in [2.24, 2.45) is 0 Å². The molecule has 1 aromatic heterocycles. The first-order valence-electron chi connectivity index (χ1n) is 6.87. The van der Waals surface area contributed by atoms with Crippen LogP contribution in [0.1, 0.15) is 11.1 Å². The molecule has 2 aromatic carbocycles. The normalized spacial score (nSPS) is 13.0. The summed E-state index contributed by atoms with van der Waals surface area (Å²) in [7, 11) is 0. The Kier molecular flexibility index (Phi) is 3.39. The first-order valence-corrected chi connectivity index (χ1v) is 8.23. The molecule has 1 aliphatic heterocycles. The van der Waals surface area contributed by atoms with Crippen molar-refractivity contribution in [2.75, 3.05) is 6.79 Å². The molecule has 4 rings (SSSR count). The Balaban J connectivity index is 1.58. The predicted octanol–water partition coefficient (Wildman–Crippen LogP) is 4.55. The summed E-state index contributed by atoms with van der Waals surface area (Å²) in [5.41, 5.74) is 4.25. The number of rotatable bonds is 3. The highest BCUT2D eigenvalue weighted by molar-refractivity contribution is 7.98. The molecule has 22 heavy (non-hydrogen) atoms. The molecule has 0 saturated heterocycles. The Morgan fingerprint density at radius 3 is 2.91 bits per heavy atom. The minimum absolute atomic E-state index is 0.255. The van der Waals surface area contributed by atoms with E-state index in [2.05, 4.69) is 23.0 Å². The highest BCUT2D eigenvalue weighted by atomic mass is 35.5. The van der Waals surface area contributed by atoms with Crippen molar-refractivity contribution >= 4 is 34.4 Å². The van der Waals surface area contributed by atoms with Gasteiger partial charge in [-0.2, -0.15) is 0 Å². The molecule has 0 saturated carbocycles. The van der Waals surface area contributed by atoms with Gasteiger partial charge in [-0.3, -0.25) is 0 Å². The SMILES string of the molecule is Cc1cccc2[nH]c(SCc3cc4c(cc3Cl)OCO4)nc12. The van der Waals surface area contributed by atoms with Crippen molar-refractivity contribution in [3.8, 4) is 11.5 Å². The molecule has 0 aliphatic carbocycles. The summed E-state index contributed by atoms with van der Waals surface area (Å²) in [5.74, 6) is 2.17. The van der Waals surface area contributed by atoms with Gasteiger partial charge >= 0.3 is 0 Å². The molecule has 0 radical (unpaired) electrons. The van der Waals surface area contributed by atoms with E-state index in [1.807, 2.05) is 24.3 Å². The number of aryl methyl sites for hydroxylation is 1. The summed E-state index contributed by atoms with van der Waals surface area (Å²) in [5, 5.41) is 1.57. The first-order chi connectivity index (χ1) is 10.7. The van der Waals surface area contributed by atoms with E-state index >= 15 is 0 Å². The fraction of sp³-hybridized carbons (Fsp3) is 0.188. The third-order valence-electron chi connectivity index (χ3n) is 3.60. The number of nitrogens with zero attached hydrogens (tertiary/aromatic N) is 1. The maximum absolute atomic E-state index is 6.30. The second kappa shape index (κ2) is 5.41. The van der Waals surface area contributed by atoms with E-state index in [1.165, 1.54) is 5.56 Å². The number of thioether (sulfide) groups is 1. The number of hydrogen-bond donors (Lipinski definition) is 1. The van der Waals surface area contributed by atoms with Crippen LogP contribution >= 0.6 is 23.4 Å². The fourth-order valence-electron chi connectivity index (χ4n) is 2.44. The Morgan fingerprint density at radius 2 is 2.09 bits per heavy atom. The number of fused-ring (bicyclic) bond motifs is 2. The van der Waals surface area contributed by atoms with Gasteiger partial charge in [-0.05, 0) is 30.2 Å². The molecule has 1 N–H and O–H groups in total. The van der Waals surface area contributed by atoms with Gasteiger partial charge in [0.2, 0.25) is 6.79 Å². The molecule has 112 valence electrons. The molecular weight excluding hydrogens is 320 g/mol. The van der Waals surface area contributed by atoms with Crippen LogP contribution < -0.4 is 9.47 Å². The lowest BCUT2D eigenvalue weighted by molar-refractivity contribution is 0.174. The maximum Gasteiger partial charge on any atom is 0.231 e. The van der Waals surface area contributed by atoms with E-state index in [9.17, 15) is 0 Å². The van der Waals surface area contributed by atoms with E-state index in [1.54, 1.807) is 11.8 Å². The second-order valence-corrected chi connectivity index (χ2v) is 6.47. The highest BCUT2D eigenvalue weighted by Crippen LogP contribution is 2.38. The highest BCUT2D eigenvalue weighted by Gasteiger charge is 2.17. The lowest BCUT2D eigenvalue weighted by Gasteiger charge is -2.04. The number of halogens is 1. The van der Waals surface area contributed by atoms with Crippen LogP contribution in [0.4, 0.5) is 0 Å². The molecule has 1 aliphatic rings. The molecule has 4 nitrogen and oxygen atoms in total. The van der Waals surface area contributed by atoms with Crippen LogP contribution in [0.3, 0.4) is 0 Å². The van der Waals surface area contributed by atoms with Gasteiger partial charge in [-0.15, -0.1) is 0 Å². The van der Waals surface area contributed by atoms with Crippen LogP contribution in [0.5, 0.6) is 11.5 Å². The molecule has 0 atom stereocenters. The number of H-pyrrole nitrogens is 1. The first kappa shape index (κ1) is 13.8. The van der Waals surface area contributed by atoms with Crippen LogP contribution in [0, 0.1) is 6.92 Å². The molecule has 3 aromatic rings. The van der Waals surface area contributed by atoms with Gasteiger partial charge in [0, 0.05) is 16.8 Å². The smallest absolute Gasteiger partial charge is 0.231 e. The number of aromatic nitrogens is 2. The van der Waals surface area contributed by atoms with Gasteiger partial charge in [-0.1, -0.05) is 35.5 Å². The second-order valence-electron chi connectivity index (χ2n) is 5.10. The summed E-state index contributed by atoms with van der Waals surface area (Å²) in [6.07, 6.45) is 0. The number of ether oxygens (including phenoxy) is 2. The third kappa shape index (κ3) is 2.40. The summed E-state index contributed by atoms with van der Waals surface area (Å²) in [6, 6.07) is 9.87. The molecule has 0 bridgehead atoms. The molecule has 0 unspecified atom stereocenters. The molecule has 0 spiro atoms. The van der Waals surface area contributed by atoms with Crippen LogP contribution in [-0.2, 0) is 5.75 Å². The molecule has 6 heteroatoms. The van der Waals surface area contributed by atoms with Gasteiger partial charge in [-0.25, -0.2) is 4.98 Å². The van der Waals surface area contributed by atoms with Crippen LogP contribution in [0.2, 0.25) is 5.02 Å². The molecule has 0 fully saturated rings. The summed E-state index contributed by atoms with van der Waals surface area (Å²) >= 11 is 7.92. The van der Waals surface area contributed by atoms with Crippen molar-refractivity contribution in [2.45, 2.75) is 17.8 Å². The number of nitrogens with one attached hydrogen (secondary N) is 1. The van der Waals surface area contributed by atoms with Gasteiger partial charge in [0.15, 0.2) is 16.7 Å². The Bertz CT molecular complexity index is 863. The van der Waals surface area contributed by atoms with Crippen molar-refractivity contribution in [3.63, 3.8) is 0 Å². The monoisotopic (exact) mass is 332 g/mol. The number of para-hydroxylation sites is 1. The van der Waals surface area contributed by atoms with Crippen molar-refractivity contribution < 1.29 is 9.47 Å². The van der Waals surface area contributed by atoms with Gasteiger partial charge in [0.1, 0.15) is 0 Å². The van der Waals surface area contributed by atoms with Crippen molar-refractivity contribution in [1.82, 2.24) is 9.97 Å². The van der Waals surface area contributed by atoms with Gasteiger partial charge in [0.05, 0.1) is 11.0 Å². The molecular formula is C16H13ClN2O2S. The van der Waals surface area contributed by atoms with E-state index in [-0.39, 0.29) is 6.79 Å². The fourth-order valence-corrected chi connectivity index (χ4v) is 3.61. The summed E-state index contributed by atoms with van der Waals surface area (Å²) in [6.45, 7) is 2.32. The largest absolute Gasteiger partial charge is 0.454 e. The van der Waals surface area contributed by atoms with Crippen LogP contribution in [0.15, 0.2) is 35.5 Å². The zero-order chi connectivity index (χ0) is 15.1. The van der Waals surface area contributed by atoms with Crippen molar-refractivity contribution in [3.05, 3.63) is 46.5 Å². The number of benzene rings is 2. The lowest BCUT2D eigenvalue weighted by Crippen LogP contribution is -1.92. The van der Waals surface area contributed by atoms with Gasteiger partial charge < -0.3 is 14.5 Å². The quantitative estimate of drug-likeness (QED) is 0.715. The predicted molar refractivity (Wildman–Crippen MR) is 88.0 cm³/mol. The summed E-state index contributed by atoms with van der Waals surface area (Å²) < 4.78 is 10.7. The zero-order valence-corrected chi connectivity index (χ0v) is 13.4. The molecule has 2 heterocycles. The average Bonchev–Trinajstić information content (AvgIpc) is 3.11. The van der Waals surface area contributed by atoms with E-state index < -0.39 is 0 Å². The maximum atomic E-state index is 6.30. The minimum Gasteiger partial charge on any atom is -0.454 e. The van der Waals surface area contributed by atoms with Crippen molar-refractivity contribution in [1.29, 1.82) is 0 Å². The topological polar surface area (TPSA) is 47.1 Å². The van der Waals surface area contributed by atoms with Gasteiger partial charge in [0.25, 0.3) is 0 Å². The van der Waals surface area contributed by atoms with E-state index in [0.717, 1.165) is 27.5 Å². The molecule has 0 amide bonds. The Hall–Kier alpha value is -1.85. The third-order valence-corrected chi connectivity index (χ3v) is 4.87.